The molecule has 1 N–H and O–H groups in total. The molecule has 2 aromatic rings. The number of para-hydroxylation sites is 2. The SMILES string of the molecule is CCOc1c(I)cccc1-c1cccc(I)c1O. The highest BCUT2D eigenvalue weighted by atomic mass is 127. The van der Waals surface area contributed by atoms with Crippen molar-refractivity contribution in [1.29, 1.82) is 0 Å². The van der Waals surface area contributed by atoms with Crippen molar-refractivity contribution in [2.24, 2.45) is 0 Å². The summed E-state index contributed by atoms with van der Waals surface area (Å²) < 4.78 is 7.58. The topological polar surface area (TPSA) is 29.5 Å². The van der Waals surface area contributed by atoms with Gasteiger partial charge in [-0.2, -0.15) is 0 Å². The van der Waals surface area contributed by atoms with E-state index in [4.69, 9.17) is 4.74 Å². The zero-order valence-corrected chi connectivity index (χ0v) is 14.1. The number of hydrogen-bond acceptors (Lipinski definition) is 2. The number of hydrogen-bond donors (Lipinski definition) is 1. The number of halogens is 2. The lowest BCUT2D eigenvalue weighted by Crippen LogP contribution is -1.97. The molecule has 0 unspecified atom stereocenters. The molecule has 4 heteroatoms. The Morgan fingerprint density at radius 2 is 1.61 bits per heavy atom. The van der Waals surface area contributed by atoms with E-state index in [2.05, 4.69) is 45.2 Å². The van der Waals surface area contributed by atoms with Crippen LogP contribution in [0.2, 0.25) is 0 Å². The van der Waals surface area contributed by atoms with Crippen LogP contribution in [0.1, 0.15) is 6.92 Å². The Hall–Kier alpha value is -0.500. The summed E-state index contributed by atoms with van der Waals surface area (Å²) in [6, 6.07) is 11.7. The molecule has 0 spiro atoms. The molecular formula is C14H12I2O2. The van der Waals surface area contributed by atoms with E-state index in [1.807, 2.05) is 43.3 Å². The van der Waals surface area contributed by atoms with E-state index in [1.54, 1.807) is 0 Å². The number of phenols is 1. The van der Waals surface area contributed by atoms with Gasteiger partial charge in [0.2, 0.25) is 0 Å². The normalized spacial score (nSPS) is 10.4. The third-order valence-electron chi connectivity index (χ3n) is 2.53. The van der Waals surface area contributed by atoms with Gasteiger partial charge in [-0.25, -0.2) is 0 Å². The highest BCUT2D eigenvalue weighted by molar-refractivity contribution is 14.1. The molecule has 0 aliphatic rings. The molecule has 0 saturated heterocycles. The van der Waals surface area contributed by atoms with Crippen molar-refractivity contribution >= 4 is 45.2 Å². The maximum Gasteiger partial charge on any atom is 0.140 e. The van der Waals surface area contributed by atoms with E-state index in [9.17, 15) is 5.11 Å². The zero-order valence-electron chi connectivity index (χ0n) is 9.78. The van der Waals surface area contributed by atoms with Gasteiger partial charge in [-0.15, -0.1) is 0 Å². The van der Waals surface area contributed by atoms with Gasteiger partial charge < -0.3 is 9.84 Å². The van der Waals surface area contributed by atoms with E-state index >= 15 is 0 Å². The molecule has 2 aromatic carbocycles. The largest absolute Gasteiger partial charge is 0.506 e. The number of ether oxygens (including phenoxy) is 1. The first-order valence-electron chi connectivity index (χ1n) is 5.54. The summed E-state index contributed by atoms with van der Waals surface area (Å²) in [5.74, 6) is 1.14. The van der Waals surface area contributed by atoms with Gasteiger partial charge in [0.05, 0.1) is 13.7 Å². The fourth-order valence-corrected chi connectivity index (χ4v) is 2.90. The molecule has 0 heterocycles. The summed E-state index contributed by atoms with van der Waals surface area (Å²) >= 11 is 4.37. The summed E-state index contributed by atoms with van der Waals surface area (Å²) in [4.78, 5) is 0. The highest BCUT2D eigenvalue weighted by Gasteiger charge is 2.14. The maximum atomic E-state index is 10.2. The van der Waals surface area contributed by atoms with Crippen LogP contribution in [-0.2, 0) is 0 Å². The van der Waals surface area contributed by atoms with Gasteiger partial charge >= 0.3 is 0 Å². The zero-order chi connectivity index (χ0) is 13.1. The number of aromatic hydroxyl groups is 1. The van der Waals surface area contributed by atoms with E-state index in [1.165, 1.54) is 0 Å². The molecule has 0 amide bonds. The van der Waals surface area contributed by atoms with Gasteiger partial charge in [0, 0.05) is 11.1 Å². The minimum Gasteiger partial charge on any atom is -0.506 e. The average molecular weight is 466 g/mol. The van der Waals surface area contributed by atoms with Gasteiger partial charge in [-0.1, -0.05) is 24.3 Å². The van der Waals surface area contributed by atoms with Gasteiger partial charge in [-0.3, -0.25) is 0 Å². The molecule has 2 rings (SSSR count). The third-order valence-corrected chi connectivity index (χ3v) is 4.25. The molecule has 0 fully saturated rings. The van der Waals surface area contributed by atoms with Crippen LogP contribution in [-0.4, -0.2) is 11.7 Å². The summed E-state index contributed by atoms with van der Waals surface area (Å²) in [6.07, 6.45) is 0. The first kappa shape index (κ1) is 13.9. The number of phenolic OH excluding ortho intramolecular Hbond substituents is 1. The van der Waals surface area contributed by atoms with Crippen molar-refractivity contribution in [2.45, 2.75) is 6.92 Å². The van der Waals surface area contributed by atoms with Crippen LogP contribution >= 0.6 is 45.2 Å². The summed E-state index contributed by atoms with van der Waals surface area (Å²) in [5.41, 5.74) is 1.74. The van der Waals surface area contributed by atoms with Gasteiger partial charge in [0.15, 0.2) is 0 Å². The van der Waals surface area contributed by atoms with Crippen LogP contribution in [0.3, 0.4) is 0 Å². The van der Waals surface area contributed by atoms with E-state index in [0.29, 0.717) is 12.4 Å². The average Bonchev–Trinajstić information content (AvgIpc) is 2.36. The van der Waals surface area contributed by atoms with Crippen LogP contribution in [0, 0.1) is 7.14 Å². The monoisotopic (exact) mass is 466 g/mol. The van der Waals surface area contributed by atoms with E-state index < -0.39 is 0 Å². The Morgan fingerprint density at radius 1 is 1.00 bits per heavy atom. The van der Waals surface area contributed by atoms with Crippen molar-refractivity contribution in [3.05, 3.63) is 43.5 Å². The van der Waals surface area contributed by atoms with Crippen molar-refractivity contribution in [2.75, 3.05) is 6.61 Å². The number of benzene rings is 2. The van der Waals surface area contributed by atoms with E-state index in [-0.39, 0.29) is 0 Å². The third kappa shape index (κ3) is 2.74. The minimum absolute atomic E-state index is 0.307. The van der Waals surface area contributed by atoms with Crippen molar-refractivity contribution in [3.63, 3.8) is 0 Å². The first-order valence-corrected chi connectivity index (χ1v) is 7.70. The number of rotatable bonds is 3. The molecule has 0 aliphatic heterocycles. The fourth-order valence-electron chi connectivity index (χ4n) is 1.74. The maximum absolute atomic E-state index is 10.2. The second-order valence-electron chi connectivity index (χ2n) is 3.69. The van der Waals surface area contributed by atoms with Crippen LogP contribution < -0.4 is 4.74 Å². The summed E-state index contributed by atoms with van der Waals surface area (Å²) in [5, 5.41) is 10.2. The van der Waals surface area contributed by atoms with Gasteiger partial charge in [0.25, 0.3) is 0 Å². The first-order chi connectivity index (χ1) is 8.65. The molecule has 2 nitrogen and oxygen atoms in total. The van der Waals surface area contributed by atoms with Crippen LogP contribution in [0.5, 0.6) is 11.5 Å². The molecule has 0 aliphatic carbocycles. The Bertz CT molecular complexity index is 568. The molecule has 94 valence electrons. The van der Waals surface area contributed by atoms with E-state index in [0.717, 1.165) is 24.0 Å². The Morgan fingerprint density at radius 3 is 2.28 bits per heavy atom. The second-order valence-corrected chi connectivity index (χ2v) is 6.01. The molecule has 18 heavy (non-hydrogen) atoms. The van der Waals surface area contributed by atoms with Crippen molar-refractivity contribution in [3.8, 4) is 22.6 Å². The van der Waals surface area contributed by atoms with Gasteiger partial charge in [-0.05, 0) is 64.2 Å². The molecule has 0 saturated carbocycles. The Balaban J connectivity index is 2.63. The lowest BCUT2D eigenvalue weighted by Gasteiger charge is -2.13. The Kier molecular flexibility index (Phi) is 4.71. The molecule has 0 bridgehead atoms. The molecule has 0 radical (unpaired) electrons. The van der Waals surface area contributed by atoms with Crippen molar-refractivity contribution in [1.82, 2.24) is 0 Å². The minimum atomic E-state index is 0.307. The predicted molar refractivity (Wildman–Crippen MR) is 90.1 cm³/mol. The van der Waals surface area contributed by atoms with Crippen LogP contribution in [0.15, 0.2) is 36.4 Å². The summed E-state index contributed by atoms with van der Waals surface area (Å²) in [7, 11) is 0. The van der Waals surface area contributed by atoms with Crippen molar-refractivity contribution < 1.29 is 9.84 Å². The lowest BCUT2D eigenvalue weighted by atomic mass is 10.0. The second kappa shape index (κ2) is 6.10. The standard InChI is InChI=1S/C14H12I2O2/c1-2-18-14-10(6-4-8-12(14)16)9-5-3-7-11(15)13(9)17/h3-8,17H,2H2,1H3. The quantitative estimate of drug-likeness (QED) is 0.667. The highest BCUT2D eigenvalue weighted by Crippen LogP contribution is 2.40. The predicted octanol–water partition coefficient (Wildman–Crippen LogP) is 4.67. The fraction of sp³-hybridized carbons (Fsp3) is 0.143. The van der Waals surface area contributed by atoms with Gasteiger partial charge in [0.1, 0.15) is 11.5 Å². The lowest BCUT2D eigenvalue weighted by molar-refractivity contribution is 0.339. The molecular weight excluding hydrogens is 454 g/mol. The molecule has 0 aromatic heterocycles. The Labute approximate surface area is 134 Å². The smallest absolute Gasteiger partial charge is 0.140 e. The van der Waals surface area contributed by atoms with Crippen LogP contribution in [0.4, 0.5) is 0 Å². The van der Waals surface area contributed by atoms with Crippen LogP contribution in [0.25, 0.3) is 11.1 Å². The molecule has 0 atom stereocenters. The summed E-state index contributed by atoms with van der Waals surface area (Å²) in [6.45, 7) is 2.57.